The average Bonchev–Trinajstić information content (AvgIpc) is 3.42. The Morgan fingerprint density at radius 1 is 1.08 bits per heavy atom. The van der Waals surface area contributed by atoms with E-state index in [1.54, 1.807) is 24.3 Å². The van der Waals surface area contributed by atoms with Crippen molar-refractivity contribution < 1.29 is 19.1 Å². The second-order valence-corrected chi connectivity index (χ2v) is 8.08. The largest absolute Gasteiger partial charge is 0.459 e. The maximum Gasteiger partial charge on any atom is 0.326 e. The Labute approximate surface area is 155 Å². The monoisotopic (exact) mass is 371 g/mol. The molecule has 0 spiro atoms. The maximum atomic E-state index is 12.8. The summed E-state index contributed by atoms with van der Waals surface area (Å²) in [6.07, 6.45) is 5.35. The Bertz CT molecular complexity index is 814. The van der Waals surface area contributed by atoms with E-state index in [0.717, 1.165) is 11.3 Å². The van der Waals surface area contributed by atoms with Crippen LogP contribution in [0.2, 0.25) is 5.02 Å². The van der Waals surface area contributed by atoms with E-state index in [-0.39, 0.29) is 48.6 Å². The fourth-order valence-electron chi connectivity index (χ4n) is 5.12. The fourth-order valence-corrected chi connectivity index (χ4v) is 5.31. The van der Waals surface area contributed by atoms with E-state index in [9.17, 15) is 14.4 Å². The number of amides is 2. The SMILES string of the molecule is O=C(CN1C(=O)[C@@H]2[C@@H]3C=C[C@H]([C@@H]4C[C@H]34)[C@H]2C1=O)OCc1ccccc1Cl. The Morgan fingerprint density at radius 3 is 2.31 bits per heavy atom. The molecule has 26 heavy (non-hydrogen) atoms. The summed E-state index contributed by atoms with van der Waals surface area (Å²) >= 11 is 6.05. The van der Waals surface area contributed by atoms with Gasteiger partial charge in [0.25, 0.3) is 0 Å². The minimum atomic E-state index is -0.587. The summed E-state index contributed by atoms with van der Waals surface area (Å²) in [5, 5.41) is 0.515. The summed E-state index contributed by atoms with van der Waals surface area (Å²) in [4.78, 5) is 38.9. The summed E-state index contributed by atoms with van der Waals surface area (Å²) in [5.74, 6) is -0.138. The first-order chi connectivity index (χ1) is 12.6. The molecule has 1 aromatic carbocycles. The molecular formula is C20H18ClNO4. The van der Waals surface area contributed by atoms with Crippen LogP contribution < -0.4 is 0 Å². The van der Waals surface area contributed by atoms with Crippen LogP contribution in [-0.2, 0) is 25.7 Å². The van der Waals surface area contributed by atoms with Gasteiger partial charge in [-0.3, -0.25) is 19.3 Å². The lowest BCUT2D eigenvalue weighted by Gasteiger charge is -2.37. The van der Waals surface area contributed by atoms with Crippen LogP contribution in [0.15, 0.2) is 36.4 Å². The molecule has 3 fully saturated rings. The van der Waals surface area contributed by atoms with Crippen molar-refractivity contribution in [2.24, 2.45) is 35.5 Å². The highest BCUT2D eigenvalue weighted by atomic mass is 35.5. The molecule has 1 saturated heterocycles. The molecular weight excluding hydrogens is 354 g/mol. The molecule has 1 heterocycles. The molecule has 0 unspecified atom stereocenters. The van der Waals surface area contributed by atoms with Crippen molar-refractivity contribution in [1.29, 1.82) is 0 Å². The molecule has 6 atom stereocenters. The Kier molecular flexibility index (Phi) is 3.51. The van der Waals surface area contributed by atoms with E-state index in [2.05, 4.69) is 12.2 Å². The minimum absolute atomic E-state index is 0.0263. The molecule has 1 aliphatic heterocycles. The van der Waals surface area contributed by atoms with Gasteiger partial charge < -0.3 is 4.74 Å². The third-order valence-corrected chi connectivity index (χ3v) is 6.76. The highest BCUT2D eigenvalue weighted by Crippen LogP contribution is 2.65. The molecule has 1 aromatic rings. The number of hydrogen-bond donors (Lipinski definition) is 0. The van der Waals surface area contributed by atoms with Crippen LogP contribution in [0.4, 0.5) is 0 Å². The highest BCUT2D eigenvalue weighted by molar-refractivity contribution is 6.31. The van der Waals surface area contributed by atoms with E-state index >= 15 is 0 Å². The molecule has 5 nitrogen and oxygen atoms in total. The zero-order chi connectivity index (χ0) is 18.0. The number of carbonyl (C=O) groups excluding carboxylic acids is 3. The third kappa shape index (κ3) is 2.26. The van der Waals surface area contributed by atoms with Crippen LogP contribution in [0.25, 0.3) is 0 Å². The van der Waals surface area contributed by atoms with Crippen LogP contribution in [0.1, 0.15) is 12.0 Å². The van der Waals surface area contributed by atoms with E-state index < -0.39 is 5.97 Å². The van der Waals surface area contributed by atoms with Crippen molar-refractivity contribution in [3.05, 3.63) is 47.0 Å². The number of hydrogen-bond acceptors (Lipinski definition) is 4. The van der Waals surface area contributed by atoms with Gasteiger partial charge in [0, 0.05) is 10.6 Å². The van der Waals surface area contributed by atoms with Gasteiger partial charge in [-0.15, -0.1) is 0 Å². The summed E-state index contributed by atoms with van der Waals surface area (Å²) in [5.41, 5.74) is 0.692. The zero-order valence-electron chi connectivity index (χ0n) is 14.0. The van der Waals surface area contributed by atoms with Crippen LogP contribution in [0.3, 0.4) is 0 Å². The average molecular weight is 372 g/mol. The first kappa shape index (κ1) is 16.1. The van der Waals surface area contributed by atoms with Gasteiger partial charge in [0.05, 0.1) is 11.8 Å². The second-order valence-electron chi connectivity index (χ2n) is 7.67. The molecule has 0 radical (unpaired) electrons. The Morgan fingerprint density at radius 2 is 1.69 bits per heavy atom. The number of allylic oxidation sites excluding steroid dienone is 2. The lowest BCUT2D eigenvalue weighted by molar-refractivity contribution is -0.154. The maximum absolute atomic E-state index is 12.8. The normalized spacial score (nSPS) is 36.1. The van der Waals surface area contributed by atoms with Crippen molar-refractivity contribution in [2.75, 3.05) is 6.54 Å². The van der Waals surface area contributed by atoms with Crippen LogP contribution in [0.5, 0.6) is 0 Å². The second kappa shape index (κ2) is 5.68. The molecule has 0 N–H and O–H groups in total. The van der Waals surface area contributed by atoms with Crippen molar-refractivity contribution in [1.82, 2.24) is 4.90 Å². The molecule has 2 amide bonds. The van der Waals surface area contributed by atoms with Crippen LogP contribution in [-0.4, -0.2) is 29.2 Å². The van der Waals surface area contributed by atoms with Gasteiger partial charge >= 0.3 is 5.97 Å². The summed E-state index contributed by atoms with van der Waals surface area (Å²) in [6, 6.07) is 7.09. The number of nitrogens with zero attached hydrogens (tertiary/aromatic N) is 1. The topological polar surface area (TPSA) is 63.7 Å². The summed E-state index contributed by atoms with van der Waals surface area (Å²) in [6.45, 7) is -0.289. The first-order valence-electron chi connectivity index (χ1n) is 8.99. The van der Waals surface area contributed by atoms with Crippen molar-refractivity contribution >= 4 is 29.4 Å². The number of imide groups is 1. The smallest absolute Gasteiger partial charge is 0.326 e. The van der Waals surface area contributed by atoms with Crippen molar-refractivity contribution in [3.8, 4) is 0 Å². The predicted molar refractivity (Wildman–Crippen MR) is 92.7 cm³/mol. The Hall–Kier alpha value is -2.14. The molecule has 4 aliphatic carbocycles. The standard InChI is InChI=1S/C20H18ClNO4/c21-15-4-2-1-3-10(15)9-26-16(23)8-22-19(24)17-11-5-6-12(14-7-13(11)14)18(17)20(22)25/h1-6,11-14,17-18H,7-9H2/t11-,12-,13-,14+,17-,18-/m1/s1. The third-order valence-electron chi connectivity index (χ3n) is 6.39. The number of carbonyl (C=O) groups is 3. The van der Waals surface area contributed by atoms with Crippen LogP contribution in [0, 0.1) is 35.5 Å². The van der Waals surface area contributed by atoms with Gasteiger partial charge in [0.1, 0.15) is 13.2 Å². The Balaban J connectivity index is 1.27. The number of esters is 1. The zero-order valence-corrected chi connectivity index (χ0v) is 14.8. The molecule has 134 valence electrons. The summed E-state index contributed by atoms with van der Waals surface area (Å²) in [7, 11) is 0. The number of rotatable bonds is 4. The minimum Gasteiger partial charge on any atom is -0.459 e. The number of benzene rings is 1. The van der Waals surface area contributed by atoms with Gasteiger partial charge in [-0.1, -0.05) is 42.0 Å². The van der Waals surface area contributed by atoms with E-state index in [0.29, 0.717) is 22.4 Å². The van der Waals surface area contributed by atoms with E-state index in [1.165, 1.54) is 0 Å². The van der Waals surface area contributed by atoms with Gasteiger partial charge in [-0.2, -0.15) is 0 Å². The molecule has 2 saturated carbocycles. The van der Waals surface area contributed by atoms with E-state index in [1.807, 2.05) is 0 Å². The quantitative estimate of drug-likeness (QED) is 0.463. The van der Waals surface area contributed by atoms with Gasteiger partial charge in [-0.25, -0.2) is 0 Å². The lowest BCUT2D eigenvalue weighted by Crippen LogP contribution is -2.40. The molecule has 6 rings (SSSR count). The van der Waals surface area contributed by atoms with Gasteiger partial charge in [0.15, 0.2) is 0 Å². The molecule has 0 aromatic heterocycles. The van der Waals surface area contributed by atoms with Gasteiger partial charge in [-0.05, 0) is 36.2 Å². The van der Waals surface area contributed by atoms with Crippen molar-refractivity contribution in [3.63, 3.8) is 0 Å². The molecule has 5 aliphatic rings. The van der Waals surface area contributed by atoms with Crippen LogP contribution >= 0.6 is 11.6 Å². The molecule has 6 heteroatoms. The van der Waals surface area contributed by atoms with Crippen molar-refractivity contribution in [2.45, 2.75) is 13.0 Å². The first-order valence-corrected chi connectivity index (χ1v) is 9.36. The lowest BCUT2D eigenvalue weighted by atomic mass is 9.63. The number of ether oxygens (including phenoxy) is 1. The predicted octanol–water partition coefficient (Wildman–Crippen LogP) is 2.44. The number of likely N-dealkylation sites (tertiary alicyclic amines) is 1. The fraction of sp³-hybridized carbons (Fsp3) is 0.450. The number of halogens is 1. The van der Waals surface area contributed by atoms with Gasteiger partial charge in [0.2, 0.25) is 11.8 Å². The molecule has 2 bridgehead atoms. The highest BCUT2D eigenvalue weighted by Gasteiger charge is 2.67. The summed E-state index contributed by atoms with van der Waals surface area (Å²) < 4.78 is 5.23. The van der Waals surface area contributed by atoms with E-state index in [4.69, 9.17) is 16.3 Å².